The van der Waals surface area contributed by atoms with E-state index in [1.165, 1.54) is 19.3 Å². The van der Waals surface area contributed by atoms with Gasteiger partial charge in [0.05, 0.1) is 7.11 Å². The summed E-state index contributed by atoms with van der Waals surface area (Å²) in [6.07, 6.45) is 6.75. The zero-order valence-corrected chi connectivity index (χ0v) is 16.1. The average molecular weight is 390 g/mol. The van der Waals surface area contributed by atoms with Gasteiger partial charge >= 0.3 is 12.0 Å². The quantitative estimate of drug-likeness (QED) is 0.508. The zero-order chi connectivity index (χ0) is 20.5. The molecule has 0 unspecified atom stereocenters. The third-order valence-corrected chi connectivity index (χ3v) is 4.64. The van der Waals surface area contributed by atoms with Gasteiger partial charge in [-0.2, -0.15) is 0 Å². The Morgan fingerprint density at radius 1 is 1.25 bits per heavy atom. The summed E-state index contributed by atoms with van der Waals surface area (Å²) in [7, 11) is 1.42. The maximum absolute atomic E-state index is 11.9. The van der Waals surface area contributed by atoms with E-state index < -0.39 is 24.5 Å². The molecule has 0 aromatic heterocycles. The van der Waals surface area contributed by atoms with E-state index in [-0.39, 0.29) is 17.5 Å². The van der Waals surface area contributed by atoms with Gasteiger partial charge in [0, 0.05) is 12.1 Å². The van der Waals surface area contributed by atoms with Gasteiger partial charge in [-0.1, -0.05) is 25.8 Å². The number of phenols is 1. The molecule has 2 rings (SSSR count). The number of ether oxygens (including phenoxy) is 2. The van der Waals surface area contributed by atoms with Gasteiger partial charge in [-0.25, -0.2) is 9.59 Å². The number of benzene rings is 1. The van der Waals surface area contributed by atoms with Gasteiger partial charge in [-0.15, -0.1) is 0 Å². The third kappa shape index (κ3) is 6.61. The van der Waals surface area contributed by atoms with Crippen LogP contribution in [0.3, 0.4) is 0 Å². The van der Waals surface area contributed by atoms with E-state index in [0.717, 1.165) is 31.8 Å². The minimum atomic E-state index is -0.733. The fraction of sp³-hybridized carbons (Fsp3) is 0.450. The van der Waals surface area contributed by atoms with Crippen LogP contribution in [0.15, 0.2) is 24.3 Å². The molecule has 2 atom stereocenters. The highest BCUT2D eigenvalue weighted by molar-refractivity contribution is 5.96. The minimum absolute atomic E-state index is 0.0141. The summed E-state index contributed by atoms with van der Waals surface area (Å²) < 4.78 is 9.80. The molecule has 1 aliphatic rings. The number of rotatable bonds is 6. The van der Waals surface area contributed by atoms with Gasteiger partial charge in [-0.3, -0.25) is 10.1 Å². The van der Waals surface area contributed by atoms with Gasteiger partial charge in [0.1, 0.15) is 0 Å². The topological polar surface area (TPSA) is 114 Å². The Bertz CT molecular complexity index is 746. The first-order valence-corrected chi connectivity index (χ1v) is 9.21. The van der Waals surface area contributed by atoms with Crippen molar-refractivity contribution >= 4 is 24.0 Å². The first kappa shape index (κ1) is 21.3. The SMILES string of the molecule is COc1cc(/C=C/C(=O)OCC(=O)NC(=O)N[C@@H]2CCCC[C@H]2C)ccc1O. The zero-order valence-electron chi connectivity index (χ0n) is 16.1. The number of urea groups is 1. The average Bonchev–Trinajstić information content (AvgIpc) is 2.67. The summed E-state index contributed by atoms with van der Waals surface area (Å²) in [5.74, 6) is -0.804. The Balaban J connectivity index is 1.74. The van der Waals surface area contributed by atoms with Crippen molar-refractivity contribution < 1.29 is 29.0 Å². The van der Waals surface area contributed by atoms with E-state index in [2.05, 4.69) is 17.6 Å². The van der Waals surface area contributed by atoms with Gasteiger partial charge < -0.3 is 19.9 Å². The maximum atomic E-state index is 11.9. The molecule has 1 fully saturated rings. The second-order valence-corrected chi connectivity index (χ2v) is 6.76. The van der Waals surface area contributed by atoms with Crippen LogP contribution in [0.25, 0.3) is 6.08 Å². The number of carbonyl (C=O) groups is 3. The Kier molecular flexibility index (Phi) is 7.86. The lowest BCUT2D eigenvalue weighted by molar-refractivity contribution is -0.143. The van der Waals surface area contributed by atoms with Crippen molar-refractivity contribution in [2.75, 3.05) is 13.7 Å². The van der Waals surface area contributed by atoms with Crippen molar-refractivity contribution in [1.29, 1.82) is 0 Å². The molecule has 152 valence electrons. The molecule has 0 spiro atoms. The Morgan fingerprint density at radius 2 is 2.00 bits per heavy atom. The maximum Gasteiger partial charge on any atom is 0.331 e. The molecular formula is C20H26N2O6. The molecule has 1 aromatic rings. The van der Waals surface area contributed by atoms with Crippen molar-refractivity contribution in [3.8, 4) is 11.5 Å². The van der Waals surface area contributed by atoms with E-state index >= 15 is 0 Å². The molecule has 3 amide bonds. The molecule has 8 heteroatoms. The van der Waals surface area contributed by atoms with Crippen LogP contribution >= 0.6 is 0 Å². The van der Waals surface area contributed by atoms with Gasteiger partial charge in [0.15, 0.2) is 18.1 Å². The van der Waals surface area contributed by atoms with Crippen LogP contribution in [-0.4, -0.2) is 42.8 Å². The molecule has 1 saturated carbocycles. The molecular weight excluding hydrogens is 364 g/mol. The molecule has 0 bridgehead atoms. The largest absolute Gasteiger partial charge is 0.504 e. The minimum Gasteiger partial charge on any atom is -0.504 e. The van der Waals surface area contributed by atoms with E-state index in [4.69, 9.17) is 9.47 Å². The van der Waals surface area contributed by atoms with Crippen molar-refractivity contribution in [2.24, 2.45) is 5.92 Å². The summed E-state index contributed by atoms with van der Waals surface area (Å²) in [5, 5.41) is 14.5. The predicted molar refractivity (Wildman–Crippen MR) is 103 cm³/mol. The second kappa shape index (κ2) is 10.3. The number of hydrogen-bond donors (Lipinski definition) is 3. The number of aromatic hydroxyl groups is 1. The molecule has 1 aliphatic carbocycles. The van der Waals surface area contributed by atoms with E-state index in [1.54, 1.807) is 12.1 Å². The van der Waals surface area contributed by atoms with Gasteiger partial charge in [-0.05, 0) is 42.5 Å². The number of hydrogen-bond acceptors (Lipinski definition) is 6. The number of esters is 1. The number of methoxy groups -OCH3 is 1. The lowest BCUT2D eigenvalue weighted by Gasteiger charge is -2.29. The van der Waals surface area contributed by atoms with Crippen LogP contribution in [0.2, 0.25) is 0 Å². The lowest BCUT2D eigenvalue weighted by atomic mass is 9.86. The second-order valence-electron chi connectivity index (χ2n) is 6.76. The normalized spacial score (nSPS) is 19.1. The fourth-order valence-corrected chi connectivity index (χ4v) is 3.04. The van der Waals surface area contributed by atoms with Crippen molar-refractivity contribution in [1.82, 2.24) is 10.6 Å². The molecule has 3 N–H and O–H groups in total. The van der Waals surface area contributed by atoms with Crippen molar-refractivity contribution in [2.45, 2.75) is 38.6 Å². The molecule has 28 heavy (non-hydrogen) atoms. The lowest BCUT2D eigenvalue weighted by Crippen LogP contribution is -2.48. The van der Waals surface area contributed by atoms with Gasteiger partial charge in [0.2, 0.25) is 0 Å². The number of nitrogens with one attached hydrogen (secondary N) is 2. The highest BCUT2D eigenvalue weighted by Crippen LogP contribution is 2.26. The summed E-state index contributed by atoms with van der Waals surface area (Å²) >= 11 is 0. The third-order valence-electron chi connectivity index (χ3n) is 4.64. The Labute approximate surface area is 163 Å². The fourth-order valence-electron chi connectivity index (χ4n) is 3.04. The summed E-state index contributed by atoms with van der Waals surface area (Å²) in [4.78, 5) is 35.4. The van der Waals surface area contributed by atoms with Crippen LogP contribution in [0.5, 0.6) is 11.5 Å². The first-order chi connectivity index (χ1) is 13.4. The van der Waals surface area contributed by atoms with Crippen molar-refractivity contribution in [3.63, 3.8) is 0 Å². The molecule has 0 heterocycles. The van der Waals surface area contributed by atoms with Crippen LogP contribution in [0, 0.1) is 5.92 Å². The Morgan fingerprint density at radius 3 is 2.71 bits per heavy atom. The molecule has 8 nitrogen and oxygen atoms in total. The predicted octanol–water partition coefficient (Wildman–Crippen LogP) is 2.36. The van der Waals surface area contributed by atoms with Crippen molar-refractivity contribution in [3.05, 3.63) is 29.8 Å². The number of imide groups is 1. The van der Waals surface area contributed by atoms with Crippen LogP contribution in [0.4, 0.5) is 4.79 Å². The number of phenolic OH excluding ortho intramolecular Hbond substituents is 1. The molecule has 0 aliphatic heterocycles. The van der Waals surface area contributed by atoms with E-state index in [9.17, 15) is 19.5 Å². The van der Waals surface area contributed by atoms with Gasteiger partial charge in [0.25, 0.3) is 5.91 Å². The highest BCUT2D eigenvalue weighted by Gasteiger charge is 2.23. The summed E-state index contributed by atoms with van der Waals surface area (Å²) in [5.41, 5.74) is 0.608. The first-order valence-electron chi connectivity index (χ1n) is 9.21. The van der Waals surface area contributed by atoms with E-state index in [0.29, 0.717) is 11.5 Å². The van der Waals surface area contributed by atoms with Crippen LogP contribution in [-0.2, 0) is 14.3 Å². The molecule has 0 saturated heterocycles. The van der Waals surface area contributed by atoms with E-state index in [1.807, 2.05) is 0 Å². The van der Waals surface area contributed by atoms with Crippen LogP contribution < -0.4 is 15.4 Å². The number of amides is 3. The molecule has 1 aromatic carbocycles. The Hall–Kier alpha value is -3.03. The van der Waals surface area contributed by atoms with Crippen LogP contribution in [0.1, 0.15) is 38.2 Å². The number of carbonyl (C=O) groups excluding carboxylic acids is 3. The monoisotopic (exact) mass is 390 g/mol. The summed E-state index contributed by atoms with van der Waals surface area (Å²) in [6, 6.07) is 4.04. The standard InChI is InChI=1S/C20H26N2O6/c1-13-5-3-4-6-15(13)21-20(26)22-18(24)12-28-19(25)10-8-14-7-9-16(23)17(11-14)27-2/h7-11,13,15,23H,3-6,12H2,1-2H3,(H2,21,22,24,26)/b10-8+/t13-,15-/m1/s1. The smallest absolute Gasteiger partial charge is 0.331 e. The summed E-state index contributed by atoms with van der Waals surface area (Å²) in [6.45, 7) is 1.51. The molecule has 0 radical (unpaired) electrons. The highest BCUT2D eigenvalue weighted by atomic mass is 16.5.